The lowest BCUT2D eigenvalue weighted by Gasteiger charge is -2.21. The highest BCUT2D eigenvalue weighted by Crippen LogP contribution is 2.13. The summed E-state index contributed by atoms with van der Waals surface area (Å²) in [7, 11) is 0. The molecule has 28 heavy (non-hydrogen) atoms. The Morgan fingerprint density at radius 2 is 1.61 bits per heavy atom. The van der Waals surface area contributed by atoms with E-state index < -0.39 is 0 Å². The van der Waals surface area contributed by atoms with Crippen LogP contribution in [0.25, 0.3) is 0 Å². The maximum atomic E-state index is 12.4. The van der Waals surface area contributed by atoms with Gasteiger partial charge in [0.25, 0.3) is 0 Å². The van der Waals surface area contributed by atoms with Crippen molar-refractivity contribution in [1.29, 1.82) is 0 Å². The summed E-state index contributed by atoms with van der Waals surface area (Å²) in [5.74, 6) is -0.441. The summed E-state index contributed by atoms with van der Waals surface area (Å²) >= 11 is 0. The van der Waals surface area contributed by atoms with Crippen molar-refractivity contribution in [2.24, 2.45) is 0 Å². The smallest absolute Gasteiger partial charge is 0.238 e. The van der Waals surface area contributed by atoms with Crippen LogP contribution in [0.1, 0.15) is 36.2 Å². The Kier molecular flexibility index (Phi) is 7.89. The number of aryl methyl sites for hydroxylation is 1. The number of hydrogen-bond donors (Lipinski definition) is 2. The molecule has 0 aliphatic rings. The number of carbonyl (C=O) groups is 3. The molecule has 148 valence electrons. The van der Waals surface area contributed by atoms with Gasteiger partial charge in [0, 0.05) is 16.9 Å². The quantitative estimate of drug-likeness (QED) is 0.652. The van der Waals surface area contributed by atoms with Crippen molar-refractivity contribution >= 4 is 29.0 Å². The third-order valence-electron chi connectivity index (χ3n) is 4.25. The lowest BCUT2D eigenvalue weighted by Crippen LogP contribution is -2.39. The standard InChI is InChI=1S/C22H27N3O3/c1-4-12-25(15-22(28)24-20-11-6-5-8-16(20)2)14-21(27)23-19-10-7-9-18(13-19)17(3)26/h5-11,13H,4,12,14-15H2,1-3H3,(H,23,27)(H,24,28). The summed E-state index contributed by atoms with van der Waals surface area (Å²) in [6.07, 6.45) is 0.824. The molecule has 0 bridgehead atoms. The Morgan fingerprint density at radius 1 is 0.929 bits per heavy atom. The molecule has 2 aromatic carbocycles. The first kappa shape index (κ1) is 21.3. The Labute approximate surface area is 165 Å². The van der Waals surface area contributed by atoms with Crippen LogP contribution >= 0.6 is 0 Å². The average Bonchev–Trinajstić information content (AvgIpc) is 2.64. The van der Waals surface area contributed by atoms with Crippen molar-refractivity contribution in [1.82, 2.24) is 4.90 Å². The van der Waals surface area contributed by atoms with E-state index in [2.05, 4.69) is 10.6 Å². The van der Waals surface area contributed by atoms with E-state index in [4.69, 9.17) is 0 Å². The SMILES string of the molecule is CCCN(CC(=O)Nc1cccc(C(C)=O)c1)CC(=O)Nc1ccccc1C. The van der Waals surface area contributed by atoms with Crippen LogP contribution in [0.2, 0.25) is 0 Å². The molecular formula is C22H27N3O3. The first-order valence-electron chi connectivity index (χ1n) is 9.37. The maximum Gasteiger partial charge on any atom is 0.238 e. The third-order valence-corrected chi connectivity index (χ3v) is 4.25. The van der Waals surface area contributed by atoms with E-state index in [1.54, 1.807) is 29.2 Å². The van der Waals surface area contributed by atoms with Crippen LogP contribution in [0.4, 0.5) is 11.4 Å². The van der Waals surface area contributed by atoms with E-state index in [0.717, 1.165) is 17.7 Å². The molecule has 0 spiro atoms. The summed E-state index contributed by atoms with van der Waals surface area (Å²) in [5, 5.41) is 5.69. The molecular weight excluding hydrogens is 354 g/mol. The molecule has 0 saturated heterocycles. The highest BCUT2D eigenvalue weighted by molar-refractivity contribution is 5.98. The van der Waals surface area contributed by atoms with Gasteiger partial charge in [-0.2, -0.15) is 0 Å². The van der Waals surface area contributed by atoms with Crippen molar-refractivity contribution in [3.8, 4) is 0 Å². The largest absolute Gasteiger partial charge is 0.325 e. The van der Waals surface area contributed by atoms with E-state index in [0.29, 0.717) is 17.8 Å². The molecule has 0 heterocycles. The zero-order valence-electron chi connectivity index (χ0n) is 16.6. The zero-order valence-corrected chi connectivity index (χ0v) is 16.6. The van der Waals surface area contributed by atoms with Crippen LogP contribution in [0, 0.1) is 6.92 Å². The Bertz CT molecular complexity index is 848. The van der Waals surface area contributed by atoms with E-state index in [1.165, 1.54) is 6.92 Å². The molecule has 0 atom stereocenters. The van der Waals surface area contributed by atoms with Gasteiger partial charge in [-0.15, -0.1) is 0 Å². The van der Waals surface area contributed by atoms with Crippen molar-refractivity contribution in [3.05, 3.63) is 59.7 Å². The minimum atomic E-state index is -0.224. The van der Waals surface area contributed by atoms with Crippen LogP contribution in [0.15, 0.2) is 48.5 Å². The number of benzene rings is 2. The first-order valence-corrected chi connectivity index (χ1v) is 9.37. The molecule has 2 aromatic rings. The molecule has 0 aliphatic heterocycles. The van der Waals surface area contributed by atoms with Gasteiger partial charge in [-0.25, -0.2) is 0 Å². The summed E-state index contributed by atoms with van der Waals surface area (Å²) in [5.41, 5.74) is 2.87. The molecule has 0 unspecified atom stereocenters. The summed E-state index contributed by atoms with van der Waals surface area (Å²) < 4.78 is 0. The molecule has 2 N–H and O–H groups in total. The van der Waals surface area contributed by atoms with Gasteiger partial charge >= 0.3 is 0 Å². The number of anilines is 2. The van der Waals surface area contributed by atoms with Gasteiger partial charge < -0.3 is 10.6 Å². The van der Waals surface area contributed by atoms with Crippen molar-refractivity contribution in [2.45, 2.75) is 27.2 Å². The van der Waals surface area contributed by atoms with Crippen LogP contribution in [-0.2, 0) is 9.59 Å². The predicted octanol–water partition coefficient (Wildman–Crippen LogP) is 3.49. The molecule has 2 rings (SSSR count). The number of hydrogen-bond acceptors (Lipinski definition) is 4. The van der Waals surface area contributed by atoms with Gasteiger partial charge in [0.15, 0.2) is 5.78 Å². The Morgan fingerprint density at radius 3 is 2.25 bits per heavy atom. The van der Waals surface area contributed by atoms with Gasteiger partial charge in [0.05, 0.1) is 13.1 Å². The van der Waals surface area contributed by atoms with E-state index >= 15 is 0 Å². The lowest BCUT2D eigenvalue weighted by molar-refractivity contribution is -0.120. The van der Waals surface area contributed by atoms with Gasteiger partial charge in [0.1, 0.15) is 0 Å². The number of rotatable bonds is 9. The molecule has 0 aliphatic carbocycles. The van der Waals surface area contributed by atoms with Crippen molar-refractivity contribution in [3.63, 3.8) is 0 Å². The van der Waals surface area contributed by atoms with Crippen LogP contribution in [-0.4, -0.2) is 42.1 Å². The second-order valence-corrected chi connectivity index (χ2v) is 6.76. The Balaban J connectivity index is 1.95. The monoisotopic (exact) mass is 381 g/mol. The average molecular weight is 381 g/mol. The minimum Gasteiger partial charge on any atom is -0.325 e. The first-order chi connectivity index (χ1) is 13.4. The summed E-state index contributed by atoms with van der Waals surface area (Å²) in [6.45, 7) is 6.27. The normalized spacial score (nSPS) is 10.6. The minimum absolute atomic E-state index is 0.0587. The lowest BCUT2D eigenvalue weighted by atomic mass is 10.1. The van der Waals surface area contributed by atoms with Crippen LogP contribution < -0.4 is 10.6 Å². The fourth-order valence-electron chi connectivity index (χ4n) is 2.86. The van der Waals surface area contributed by atoms with E-state index in [9.17, 15) is 14.4 Å². The molecule has 2 amide bonds. The molecule has 0 fully saturated rings. The maximum absolute atomic E-state index is 12.4. The second-order valence-electron chi connectivity index (χ2n) is 6.76. The highest BCUT2D eigenvalue weighted by Gasteiger charge is 2.15. The predicted molar refractivity (Wildman–Crippen MR) is 112 cm³/mol. The fraction of sp³-hybridized carbons (Fsp3) is 0.318. The topological polar surface area (TPSA) is 78.5 Å². The van der Waals surface area contributed by atoms with Crippen molar-refractivity contribution < 1.29 is 14.4 Å². The molecule has 6 heteroatoms. The number of carbonyl (C=O) groups excluding carboxylic acids is 3. The fourth-order valence-corrected chi connectivity index (χ4v) is 2.86. The Hall–Kier alpha value is -2.99. The molecule has 0 saturated carbocycles. The number of Topliss-reactive ketones (excluding diaryl/α,β-unsaturated/α-hetero) is 1. The summed E-state index contributed by atoms with van der Waals surface area (Å²) in [6, 6.07) is 14.4. The third kappa shape index (κ3) is 6.63. The van der Waals surface area contributed by atoms with Crippen molar-refractivity contribution in [2.75, 3.05) is 30.3 Å². The van der Waals surface area contributed by atoms with Crippen LogP contribution in [0.5, 0.6) is 0 Å². The molecule has 6 nitrogen and oxygen atoms in total. The number of nitrogens with one attached hydrogen (secondary N) is 2. The van der Waals surface area contributed by atoms with E-state index in [1.807, 2.05) is 38.1 Å². The van der Waals surface area contributed by atoms with Crippen LogP contribution in [0.3, 0.4) is 0 Å². The summed E-state index contributed by atoms with van der Waals surface area (Å²) in [4.78, 5) is 38.1. The molecule has 0 radical (unpaired) electrons. The number of para-hydroxylation sites is 1. The van der Waals surface area contributed by atoms with Gasteiger partial charge in [-0.05, 0) is 50.6 Å². The van der Waals surface area contributed by atoms with Gasteiger partial charge in [-0.3, -0.25) is 19.3 Å². The highest BCUT2D eigenvalue weighted by atomic mass is 16.2. The number of amides is 2. The number of nitrogens with zero attached hydrogens (tertiary/aromatic N) is 1. The second kappa shape index (κ2) is 10.4. The van der Waals surface area contributed by atoms with E-state index in [-0.39, 0.29) is 30.7 Å². The molecule has 0 aromatic heterocycles. The zero-order chi connectivity index (χ0) is 20.5. The van der Waals surface area contributed by atoms with Gasteiger partial charge in [0.2, 0.25) is 11.8 Å². The number of ketones is 1. The van der Waals surface area contributed by atoms with Gasteiger partial charge in [-0.1, -0.05) is 37.3 Å².